The monoisotopic (exact) mass is 464 g/mol. The van der Waals surface area contributed by atoms with Crippen LogP contribution in [0.1, 0.15) is 36.0 Å². The van der Waals surface area contributed by atoms with Crippen LogP contribution in [0.2, 0.25) is 0 Å². The Morgan fingerprint density at radius 2 is 1.93 bits per heavy atom. The van der Waals surface area contributed by atoms with Gasteiger partial charge in [0.2, 0.25) is 11.8 Å². The van der Waals surface area contributed by atoms with Gasteiger partial charge in [-0.3, -0.25) is 14.4 Å². The molecule has 158 valence electrons. The second-order valence-corrected chi connectivity index (χ2v) is 8.44. The molecule has 2 saturated heterocycles. The molecule has 2 fully saturated rings. The van der Waals surface area contributed by atoms with E-state index in [0.717, 1.165) is 43.6 Å². The normalized spacial score (nSPS) is 16.9. The maximum Gasteiger partial charge on any atom is 0.253 e. The van der Waals surface area contributed by atoms with Crippen LogP contribution >= 0.6 is 15.9 Å². The first-order chi connectivity index (χ1) is 14.0. The summed E-state index contributed by atoms with van der Waals surface area (Å²) in [5.41, 5.74) is 0.603. The van der Waals surface area contributed by atoms with E-state index in [9.17, 15) is 14.4 Å². The minimum absolute atomic E-state index is 0.0767. The molecule has 3 amide bonds. The van der Waals surface area contributed by atoms with Crippen molar-refractivity contribution in [3.05, 3.63) is 34.3 Å². The van der Waals surface area contributed by atoms with Crippen LogP contribution < -0.4 is 5.32 Å². The molecule has 0 radical (unpaired) electrons. The van der Waals surface area contributed by atoms with Gasteiger partial charge in [0, 0.05) is 75.2 Å². The smallest absolute Gasteiger partial charge is 0.253 e. The molecule has 0 spiro atoms. The first kappa shape index (κ1) is 21.8. The van der Waals surface area contributed by atoms with E-state index >= 15 is 0 Å². The summed E-state index contributed by atoms with van der Waals surface area (Å²) < 4.78 is 0.850. The van der Waals surface area contributed by atoms with E-state index in [1.54, 1.807) is 17.0 Å². The lowest BCUT2D eigenvalue weighted by Crippen LogP contribution is -2.47. The topological polar surface area (TPSA) is 73.0 Å². The zero-order chi connectivity index (χ0) is 20.6. The minimum atomic E-state index is -0.0767. The molecule has 0 unspecified atom stereocenters. The third kappa shape index (κ3) is 6.27. The number of hydrogen-bond acceptors (Lipinski definition) is 4. The van der Waals surface area contributed by atoms with Crippen molar-refractivity contribution in [2.75, 3.05) is 52.4 Å². The Hall–Kier alpha value is -1.93. The van der Waals surface area contributed by atoms with Gasteiger partial charge in [-0.25, -0.2) is 0 Å². The van der Waals surface area contributed by atoms with Gasteiger partial charge >= 0.3 is 0 Å². The van der Waals surface area contributed by atoms with Gasteiger partial charge in [-0.05, 0) is 31.0 Å². The van der Waals surface area contributed by atoms with Crippen LogP contribution in [0.3, 0.4) is 0 Å². The lowest BCUT2D eigenvalue weighted by Gasteiger charge is -2.29. The van der Waals surface area contributed by atoms with Crippen LogP contribution in [0.4, 0.5) is 0 Å². The highest BCUT2D eigenvalue weighted by Crippen LogP contribution is 2.15. The average Bonchev–Trinajstić information content (AvgIpc) is 3.15. The number of carbonyl (C=O) groups is 3. The van der Waals surface area contributed by atoms with E-state index in [1.165, 1.54) is 0 Å². The van der Waals surface area contributed by atoms with Gasteiger partial charge in [0.25, 0.3) is 5.91 Å². The number of likely N-dealkylation sites (tertiary alicyclic amines) is 1. The molecular formula is C21H29BrN4O3. The molecule has 0 atom stereocenters. The zero-order valence-electron chi connectivity index (χ0n) is 16.7. The summed E-state index contributed by atoms with van der Waals surface area (Å²) in [6.07, 6.45) is 2.58. The maximum atomic E-state index is 13.1. The molecule has 2 aliphatic rings. The maximum absolute atomic E-state index is 13.1. The number of piperazine rings is 1. The van der Waals surface area contributed by atoms with E-state index < -0.39 is 0 Å². The van der Waals surface area contributed by atoms with E-state index in [2.05, 4.69) is 21.2 Å². The lowest BCUT2D eigenvalue weighted by atomic mass is 10.2. The van der Waals surface area contributed by atoms with E-state index in [1.807, 2.05) is 21.9 Å². The molecule has 1 aromatic carbocycles. The van der Waals surface area contributed by atoms with Crippen LogP contribution in [-0.2, 0) is 9.59 Å². The molecular weight excluding hydrogens is 436 g/mol. The van der Waals surface area contributed by atoms with E-state index in [0.29, 0.717) is 44.5 Å². The van der Waals surface area contributed by atoms with Crippen molar-refractivity contribution in [2.24, 2.45) is 0 Å². The molecule has 0 aromatic heterocycles. The van der Waals surface area contributed by atoms with E-state index in [-0.39, 0.29) is 17.7 Å². The van der Waals surface area contributed by atoms with Crippen LogP contribution in [0.15, 0.2) is 28.7 Å². The van der Waals surface area contributed by atoms with Crippen molar-refractivity contribution in [1.29, 1.82) is 0 Å². The van der Waals surface area contributed by atoms with Gasteiger partial charge < -0.3 is 20.0 Å². The number of carbonyl (C=O) groups excluding carboxylic acids is 3. The summed E-state index contributed by atoms with van der Waals surface area (Å²) in [6, 6.07) is 7.32. The van der Waals surface area contributed by atoms with Crippen molar-refractivity contribution in [2.45, 2.75) is 25.7 Å². The molecule has 0 aliphatic carbocycles. The molecule has 0 saturated carbocycles. The molecule has 7 nitrogen and oxygen atoms in total. The number of nitrogens with one attached hydrogen (secondary N) is 1. The molecule has 3 rings (SSSR count). The highest BCUT2D eigenvalue weighted by Gasteiger charge is 2.23. The van der Waals surface area contributed by atoms with Crippen molar-refractivity contribution < 1.29 is 14.4 Å². The molecule has 2 aliphatic heterocycles. The highest BCUT2D eigenvalue weighted by atomic mass is 79.9. The fourth-order valence-corrected chi connectivity index (χ4v) is 4.21. The molecule has 1 aromatic rings. The number of nitrogens with zero attached hydrogens (tertiary/aromatic N) is 3. The highest BCUT2D eigenvalue weighted by molar-refractivity contribution is 9.10. The van der Waals surface area contributed by atoms with Crippen LogP contribution in [0.5, 0.6) is 0 Å². The Balaban J connectivity index is 1.59. The lowest BCUT2D eigenvalue weighted by molar-refractivity contribution is -0.132. The first-order valence-corrected chi connectivity index (χ1v) is 11.1. The van der Waals surface area contributed by atoms with Gasteiger partial charge in [-0.15, -0.1) is 0 Å². The van der Waals surface area contributed by atoms with Gasteiger partial charge in [0.05, 0.1) is 0 Å². The van der Waals surface area contributed by atoms with Gasteiger partial charge in [-0.2, -0.15) is 0 Å². The van der Waals surface area contributed by atoms with Crippen molar-refractivity contribution in [3.8, 4) is 0 Å². The van der Waals surface area contributed by atoms with Gasteiger partial charge in [-0.1, -0.05) is 22.0 Å². The summed E-state index contributed by atoms with van der Waals surface area (Å²) in [6.45, 7) is 5.45. The summed E-state index contributed by atoms with van der Waals surface area (Å²) in [7, 11) is 0. The fraction of sp³-hybridized carbons (Fsp3) is 0.571. The average molecular weight is 465 g/mol. The number of benzene rings is 1. The molecule has 2 heterocycles. The summed E-state index contributed by atoms with van der Waals surface area (Å²) in [5, 5.41) is 3.24. The number of halogens is 1. The largest absolute Gasteiger partial charge is 0.343 e. The SMILES string of the molecule is O=C1CCCN1CCCN(CCC(=O)N1CCNCC1)C(=O)c1cccc(Br)c1. The van der Waals surface area contributed by atoms with E-state index in [4.69, 9.17) is 0 Å². The molecule has 8 heteroatoms. The fourth-order valence-electron chi connectivity index (χ4n) is 3.81. The predicted molar refractivity (Wildman–Crippen MR) is 115 cm³/mol. The van der Waals surface area contributed by atoms with Gasteiger partial charge in [0.1, 0.15) is 0 Å². The Morgan fingerprint density at radius 1 is 1.14 bits per heavy atom. The molecule has 29 heavy (non-hydrogen) atoms. The zero-order valence-corrected chi connectivity index (χ0v) is 18.3. The molecule has 1 N–H and O–H groups in total. The third-order valence-corrected chi connectivity index (χ3v) is 5.94. The molecule has 0 bridgehead atoms. The Morgan fingerprint density at radius 3 is 2.62 bits per heavy atom. The Labute approximate surface area is 180 Å². The van der Waals surface area contributed by atoms with Crippen molar-refractivity contribution >= 4 is 33.7 Å². The second kappa shape index (κ2) is 10.7. The van der Waals surface area contributed by atoms with Crippen LogP contribution in [-0.4, -0.2) is 84.8 Å². The Bertz CT molecular complexity index is 736. The Kier molecular flexibility index (Phi) is 8.06. The van der Waals surface area contributed by atoms with Gasteiger partial charge in [0.15, 0.2) is 0 Å². The van der Waals surface area contributed by atoms with Crippen LogP contribution in [0.25, 0.3) is 0 Å². The number of rotatable bonds is 8. The third-order valence-electron chi connectivity index (χ3n) is 5.45. The number of hydrogen-bond donors (Lipinski definition) is 1. The predicted octanol–water partition coefficient (Wildman–Crippen LogP) is 1.73. The van der Waals surface area contributed by atoms with Crippen LogP contribution in [0, 0.1) is 0 Å². The standard InChI is InChI=1S/C21H29BrN4O3/c22-18-5-1-4-17(16-18)21(29)26(12-3-11-24-10-2-6-19(24)27)13-7-20(28)25-14-8-23-9-15-25/h1,4-5,16,23H,2-3,6-15H2. The van der Waals surface area contributed by atoms with Crippen molar-refractivity contribution in [3.63, 3.8) is 0 Å². The second-order valence-electron chi connectivity index (χ2n) is 7.52. The summed E-state index contributed by atoms with van der Waals surface area (Å²) in [5.74, 6) is 0.212. The minimum Gasteiger partial charge on any atom is -0.343 e. The first-order valence-electron chi connectivity index (χ1n) is 10.4. The quantitative estimate of drug-likeness (QED) is 0.635. The van der Waals surface area contributed by atoms with Crippen molar-refractivity contribution in [1.82, 2.24) is 20.0 Å². The summed E-state index contributed by atoms with van der Waals surface area (Å²) in [4.78, 5) is 42.9. The number of amides is 3. The summed E-state index contributed by atoms with van der Waals surface area (Å²) >= 11 is 3.42.